The minimum atomic E-state index is -0.0763. The molecule has 0 aromatic carbocycles. The highest BCUT2D eigenvalue weighted by Gasteiger charge is 2.19. The maximum atomic E-state index is 9.59. The van der Waals surface area contributed by atoms with E-state index in [4.69, 9.17) is 0 Å². The third-order valence-electron chi connectivity index (χ3n) is 3.44. The van der Waals surface area contributed by atoms with Gasteiger partial charge < -0.3 is 10.4 Å². The number of nitrogens with one attached hydrogen (secondary N) is 1. The van der Waals surface area contributed by atoms with Crippen LogP contribution in [0.25, 0.3) is 0 Å². The zero-order valence-electron chi connectivity index (χ0n) is 10.5. The summed E-state index contributed by atoms with van der Waals surface area (Å²) in [5.41, 5.74) is 2.17. The second kappa shape index (κ2) is 6.12. The molecule has 1 aromatic rings. The number of hydrogen-bond acceptors (Lipinski definition) is 3. The molecule has 2 rings (SSSR count). The van der Waals surface area contributed by atoms with Gasteiger partial charge in [0.2, 0.25) is 0 Å². The second-order valence-corrected chi connectivity index (χ2v) is 5.09. The van der Waals surface area contributed by atoms with E-state index in [1.54, 1.807) is 0 Å². The van der Waals surface area contributed by atoms with Crippen molar-refractivity contribution in [1.82, 2.24) is 10.3 Å². The first-order valence-electron chi connectivity index (χ1n) is 6.55. The largest absolute Gasteiger partial charge is 0.393 e. The normalized spacial score (nSPS) is 24.8. The Kier molecular flexibility index (Phi) is 4.51. The van der Waals surface area contributed by atoms with Crippen LogP contribution in [0.15, 0.2) is 18.2 Å². The van der Waals surface area contributed by atoms with Crippen LogP contribution < -0.4 is 5.32 Å². The fourth-order valence-electron chi connectivity index (χ4n) is 2.55. The highest BCUT2D eigenvalue weighted by Crippen LogP contribution is 2.23. The van der Waals surface area contributed by atoms with E-state index in [9.17, 15) is 5.11 Å². The number of aryl methyl sites for hydroxylation is 1. The number of aliphatic hydroxyl groups excluding tert-OH is 1. The van der Waals surface area contributed by atoms with Crippen molar-refractivity contribution in [1.29, 1.82) is 0 Å². The lowest BCUT2D eigenvalue weighted by Crippen LogP contribution is -2.29. The molecule has 2 unspecified atom stereocenters. The average molecular weight is 234 g/mol. The molecule has 1 aliphatic carbocycles. The van der Waals surface area contributed by atoms with Crippen molar-refractivity contribution in [3.05, 3.63) is 29.6 Å². The summed E-state index contributed by atoms with van der Waals surface area (Å²) < 4.78 is 0. The van der Waals surface area contributed by atoms with Crippen molar-refractivity contribution < 1.29 is 5.11 Å². The van der Waals surface area contributed by atoms with Crippen molar-refractivity contribution in [2.24, 2.45) is 5.92 Å². The second-order valence-electron chi connectivity index (χ2n) is 5.09. The van der Waals surface area contributed by atoms with E-state index in [1.807, 2.05) is 19.1 Å². The highest BCUT2D eigenvalue weighted by molar-refractivity contribution is 5.09. The molecule has 1 heterocycles. The van der Waals surface area contributed by atoms with Crippen LogP contribution in [-0.4, -0.2) is 22.7 Å². The molecule has 2 N–H and O–H groups in total. The number of pyridine rings is 1. The van der Waals surface area contributed by atoms with Gasteiger partial charge in [-0.2, -0.15) is 0 Å². The Morgan fingerprint density at radius 2 is 2.29 bits per heavy atom. The van der Waals surface area contributed by atoms with Gasteiger partial charge in [-0.1, -0.05) is 12.5 Å². The van der Waals surface area contributed by atoms with Gasteiger partial charge in [0.1, 0.15) is 0 Å². The van der Waals surface area contributed by atoms with Gasteiger partial charge in [0.25, 0.3) is 0 Å². The van der Waals surface area contributed by atoms with Crippen LogP contribution in [0.4, 0.5) is 0 Å². The van der Waals surface area contributed by atoms with Gasteiger partial charge in [0, 0.05) is 12.2 Å². The summed E-state index contributed by atoms with van der Waals surface area (Å²) >= 11 is 0. The zero-order valence-corrected chi connectivity index (χ0v) is 10.5. The quantitative estimate of drug-likeness (QED) is 0.838. The lowest BCUT2D eigenvalue weighted by molar-refractivity contribution is 0.101. The fourth-order valence-corrected chi connectivity index (χ4v) is 2.55. The Bertz CT molecular complexity index is 354. The van der Waals surface area contributed by atoms with E-state index in [0.29, 0.717) is 5.92 Å². The van der Waals surface area contributed by atoms with Crippen molar-refractivity contribution in [2.75, 3.05) is 6.54 Å². The van der Waals surface area contributed by atoms with Crippen LogP contribution in [0.3, 0.4) is 0 Å². The molecule has 17 heavy (non-hydrogen) atoms. The Morgan fingerprint density at radius 3 is 3.06 bits per heavy atom. The summed E-state index contributed by atoms with van der Waals surface area (Å²) in [5, 5.41) is 13.0. The first-order chi connectivity index (χ1) is 8.24. The van der Waals surface area contributed by atoms with Crippen molar-refractivity contribution in [3.63, 3.8) is 0 Å². The summed E-state index contributed by atoms with van der Waals surface area (Å²) in [6.07, 6.45) is 4.26. The van der Waals surface area contributed by atoms with Crippen molar-refractivity contribution >= 4 is 0 Å². The number of aromatic nitrogens is 1. The molecule has 1 fully saturated rings. The third kappa shape index (κ3) is 4.10. The minimum absolute atomic E-state index is 0.0763. The van der Waals surface area contributed by atoms with E-state index in [-0.39, 0.29) is 6.10 Å². The summed E-state index contributed by atoms with van der Waals surface area (Å²) in [7, 11) is 0. The molecule has 0 radical (unpaired) electrons. The SMILES string of the molecule is Cc1cccc(CNCC2CCCC(O)C2)n1. The first-order valence-corrected chi connectivity index (χ1v) is 6.55. The van der Waals surface area contributed by atoms with Crippen LogP contribution in [0.1, 0.15) is 37.1 Å². The van der Waals surface area contributed by atoms with E-state index in [1.165, 1.54) is 6.42 Å². The highest BCUT2D eigenvalue weighted by atomic mass is 16.3. The first kappa shape index (κ1) is 12.5. The molecule has 0 saturated heterocycles. The Balaban J connectivity index is 1.72. The molecule has 1 saturated carbocycles. The van der Waals surface area contributed by atoms with Gasteiger partial charge in [-0.3, -0.25) is 4.98 Å². The number of nitrogens with zero attached hydrogens (tertiary/aromatic N) is 1. The fraction of sp³-hybridized carbons (Fsp3) is 0.643. The molecule has 2 atom stereocenters. The molecule has 3 heteroatoms. The molecule has 0 spiro atoms. The standard InChI is InChI=1S/C14H22N2O/c1-11-4-2-6-13(16-11)10-15-9-12-5-3-7-14(17)8-12/h2,4,6,12,14-15,17H,3,5,7-10H2,1H3. The number of rotatable bonds is 4. The van der Waals surface area contributed by atoms with Crippen LogP contribution >= 0.6 is 0 Å². The van der Waals surface area contributed by atoms with Crippen LogP contribution in [0.5, 0.6) is 0 Å². The van der Waals surface area contributed by atoms with Crippen LogP contribution in [0, 0.1) is 12.8 Å². The summed E-state index contributed by atoms with van der Waals surface area (Å²) in [4.78, 5) is 4.46. The molecule has 0 bridgehead atoms. The van der Waals surface area contributed by atoms with E-state index in [0.717, 1.165) is 43.7 Å². The van der Waals surface area contributed by atoms with Gasteiger partial charge >= 0.3 is 0 Å². The van der Waals surface area contributed by atoms with Gasteiger partial charge in [-0.05, 0) is 50.8 Å². The Hall–Kier alpha value is -0.930. The molecule has 0 amide bonds. The van der Waals surface area contributed by atoms with Crippen LogP contribution in [-0.2, 0) is 6.54 Å². The van der Waals surface area contributed by atoms with E-state index < -0.39 is 0 Å². The molecule has 3 nitrogen and oxygen atoms in total. The molecule has 1 aliphatic rings. The lowest BCUT2D eigenvalue weighted by atomic mass is 9.87. The molecular weight excluding hydrogens is 212 g/mol. The Morgan fingerprint density at radius 1 is 1.41 bits per heavy atom. The van der Waals surface area contributed by atoms with Crippen molar-refractivity contribution in [3.8, 4) is 0 Å². The summed E-state index contributed by atoms with van der Waals surface area (Å²) in [6, 6.07) is 6.11. The predicted molar refractivity (Wildman–Crippen MR) is 68.6 cm³/mol. The van der Waals surface area contributed by atoms with Gasteiger partial charge in [0.15, 0.2) is 0 Å². The summed E-state index contributed by atoms with van der Waals surface area (Å²) in [6.45, 7) is 3.84. The monoisotopic (exact) mass is 234 g/mol. The smallest absolute Gasteiger partial charge is 0.0544 e. The molecule has 1 aromatic heterocycles. The molecule has 0 aliphatic heterocycles. The predicted octanol–water partition coefficient (Wildman–Crippen LogP) is 2.03. The van der Waals surface area contributed by atoms with Crippen molar-refractivity contribution in [2.45, 2.75) is 45.3 Å². The van der Waals surface area contributed by atoms with E-state index >= 15 is 0 Å². The maximum absolute atomic E-state index is 9.59. The zero-order chi connectivity index (χ0) is 12.1. The number of hydrogen-bond donors (Lipinski definition) is 2. The molecule has 94 valence electrons. The van der Waals surface area contributed by atoms with Gasteiger partial charge in [0.05, 0.1) is 11.8 Å². The Labute approximate surface area is 103 Å². The topological polar surface area (TPSA) is 45.1 Å². The third-order valence-corrected chi connectivity index (χ3v) is 3.44. The average Bonchev–Trinajstić information content (AvgIpc) is 2.29. The van der Waals surface area contributed by atoms with Gasteiger partial charge in [-0.25, -0.2) is 0 Å². The number of aliphatic hydroxyl groups is 1. The van der Waals surface area contributed by atoms with Crippen LogP contribution in [0.2, 0.25) is 0 Å². The minimum Gasteiger partial charge on any atom is -0.393 e. The summed E-state index contributed by atoms with van der Waals surface area (Å²) in [5.74, 6) is 0.628. The molecular formula is C14H22N2O. The van der Waals surface area contributed by atoms with Gasteiger partial charge in [-0.15, -0.1) is 0 Å². The van der Waals surface area contributed by atoms with E-state index in [2.05, 4.69) is 16.4 Å². The maximum Gasteiger partial charge on any atom is 0.0544 e. The lowest BCUT2D eigenvalue weighted by Gasteiger charge is -2.25.